The Balaban J connectivity index is 1.15. The van der Waals surface area contributed by atoms with E-state index in [2.05, 4.69) is 5.32 Å². The quantitative estimate of drug-likeness (QED) is 0.175. The third-order valence-electron chi connectivity index (χ3n) is 7.87. The molecule has 0 unspecified atom stereocenters. The minimum atomic E-state index is -1.47. The number of halogens is 1. The summed E-state index contributed by atoms with van der Waals surface area (Å²) in [7, 11) is 0. The third kappa shape index (κ3) is 7.19. The van der Waals surface area contributed by atoms with Crippen LogP contribution in [-0.2, 0) is 19.0 Å². The number of amides is 1. The maximum absolute atomic E-state index is 12.9. The molecule has 5 rings (SSSR count). The second-order valence-electron chi connectivity index (χ2n) is 11.0. The number of aliphatic hydroxyl groups is 4. The van der Waals surface area contributed by atoms with Crippen molar-refractivity contribution in [1.82, 2.24) is 5.32 Å². The van der Waals surface area contributed by atoms with Crippen LogP contribution >= 0.6 is 11.6 Å². The molecule has 0 bridgehead atoms. The molecule has 0 radical (unpaired) electrons. The van der Waals surface area contributed by atoms with Gasteiger partial charge in [-0.3, -0.25) is 4.79 Å². The Labute approximate surface area is 259 Å². The van der Waals surface area contributed by atoms with Crippen molar-refractivity contribution >= 4 is 23.6 Å². The Kier molecular flexibility index (Phi) is 10.1. The smallest absolute Gasteiger partial charge is 0.247 e. The van der Waals surface area contributed by atoms with E-state index in [0.29, 0.717) is 16.3 Å². The molecule has 0 spiro atoms. The highest BCUT2D eigenvalue weighted by atomic mass is 35.5. The summed E-state index contributed by atoms with van der Waals surface area (Å²) in [5.74, 6) is -0.0574. The highest BCUT2D eigenvalue weighted by molar-refractivity contribution is 6.30. The Morgan fingerprint density at radius 3 is 2.52 bits per heavy atom. The fourth-order valence-electron chi connectivity index (χ4n) is 5.46. The molecule has 1 saturated carbocycles. The van der Waals surface area contributed by atoms with E-state index in [9.17, 15) is 30.3 Å². The van der Waals surface area contributed by atoms with Gasteiger partial charge in [-0.1, -0.05) is 23.7 Å². The number of phenols is 1. The topological polar surface area (TPSA) is 176 Å². The number of benzene rings is 2. The van der Waals surface area contributed by atoms with Crippen molar-refractivity contribution in [2.75, 3.05) is 13.4 Å². The molecular formula is C31H36ClNO11. The van der Waals surface area contributed by atoms with E-state index >= 15 is 0 Å². The standard InChI is InChI=1S/C31H36ClNO11/c1-15(8-9-40-19-5-3-4-18(32)12-19)28-21(35)13-23(44-28)43-22-7-6-17(11-20(22)34)10-16(2)31(39)33-24-25(36)27(38)30-29(26(24)37)41-14-42-30/h3-8,10-12,21,23-30,34-38H,9,13-14H2,1-2H3,(H,33,39)/t21-,23+,24+,25-,26+,27+,28+,29-,30+/m0/s1. The molecule has 13 heteroatoms. The molecule has 238 valence electrons. The monoisotopic (exact) mass is 633 g/mol. The van der Waals surface area contributed by atoms with Crippen molar-refractivity contribution in [3.8, 4) is 17.2 Å². The summed E-state index contributed by atoms with van der Waals surface area (Å²) >= 11 is 5.98. The first-order valence-corrected chi connectivity index (χ1v) is 14.5. The van der Waals surface area contributed by atoms with E-state index in [1.807, 2.05) is 6.92 Å². The Hall–Kier alpha value is -3.20. The van der Waals surface area contributed by atoms with Gasteiger partial charge in [-0.2, -0.15) is 0 Å². The molecule has 2 saturated heterocycles. The van der Waals surface area contributed by atoms with Gasteiger partial charge in [-0.15, -0.1) is 0 Å². The number of aromatic hydroxyl groups is 1. The van der Waals surface area contributed by atoms with E-state index < -0.39 is 61.0 Å². The molecule has 2 heterocycles. The fourth-order valence-corrected chi connectivity index (χ4v) is 5.64. The number of hydrogen-bond donors (Lipinski definition) is 6. The summed E-state index contributed by atoms with van der Waals surface area (Å²) in [4.78, 5) is 12.9. The highest BCUT2D eigenvalue weighted by Gasteiger charge is 2.53. The Morgan fingerprint density at radius 2 is 1.80 bits per heavy atom. The average molecular weight is 634 g/mol. The first kappa shape index (κ1) is 32.2. The molecule has 1 aliphatic carbocycles. The van der Waals surface area contributed by atoms with Crippen LogP contribution in [0.15, 0.2) is 59.7 Å². The molecule has 2 aromatic carbocycles. The fraction of sp³-hybridized carbons (Fsp3) is 0.452. The largest absolute Gasteiger partial charge is 0.504 e. The van der Waals surface area contributed by atoms with Crippen molar-refractivity contribution in [2.24, 2.45) is 0 Å². The van der Waals surface area contributed by atoms with E-state index in [1.165, 1.54) is 25.1 Å². The number of rotatable bonds is 9. The molecule has 44 heavy (non-hydrogen) atoms. The van der Waals surface area contributed by atoms with Gasteiger partial charge in [0.05, 0.1) is 12.1 Å². The van der Waals surface area contributed by atoms with Crippen LogP contribution in [0.5, 0.6) is 17.2 Å². The lowest BCUT2D eigenvalue weighted by atomic mass is 9.83. The van der Waals surface area contributed by atoms with Crippen LogP contribution in [0, 0.1) is 0 Å². The summed E-state index contributed by atoms with van der Waals surface area (Å²) in [6, 6.07) is 10.4. The lowest BCUT2D eigenvalue weighted by Gasteiger charge is -2.41. The maximum Gasteiger partial charge on any atom is 0.247 e. The number of carbonyl (C=O) groups excluding carboxylic acids is 1. The predicted molar refractivity (Wildman–Crippen MR) is 157 cm³/mol. The molecule has 1 amide bonds. The van der Waals surface area contributed by atoms with Gasteiger partial charge in [0.15, 0.2) is 11.5 Å². The van der Waals surface area contributed by atoms with E-state index in [4.69, 9.17) is 35.3 Å². The van der Waals surface area contributed by atoms with Gasteiger partial charge in [-0.25, -0.2) is 0 Å². The molecule has 3 aliphatic rings. The van der Waals surface area contributed by atoms with Crippen LogP contribution in [0.3, 0.4) is 0 Å². The number of phenolic OH excluding ortho intramolecular Hbond substituents is 1. The van der Waals surface area contributed by atoms with Gasteiger partial charge in [0, 0.05) is 17.0 Å². The number of aliphatic hydroxyl groups excluding tert-OH is 4. The number of ether oxygens (including phenoxy) is 5. The van der Waals surface area contributed by atoms with E-state index in [-0.39, 0.29) is 36.9 Å². The van der Waals surface area contributed by atoms with E-state index in [0.717, 1.165) is 5.57 Å². The summed E-state index contributed by atoms with van der Waals surface area (Å²) in [5, 5.41) is 55.6. The second kappa shape index (κ2) is 13.8. The van der Waals surface area contributed by atoms with Gasteiger partial charge in [-0.05, 0) is 67.5 Å². The van der Waals surface area contributed by atoms with Gasteiger partial charge in [0.1, 0.15) is 55.8 Å². The first-order valence-electron chi connectivity index (χ1n) is 14.2. The van der Waals surface area contributed by atoms with E-state index in [1.54, 1.807) is 36.4 Å². The van der Waals surface area contributed by atoms with Crippen LogP contribution < -0.4 is 14.8 Å². The molecule has 3 fully saturated rings. The molecule has 2 aliphatic heterocycles. The lowest BCUT2D eigenvalue weighted by molar-refractivity contribution is -0.155. The Morgan fingerprint density at radius 1 is 1.05 bits per heavy atom. The summed E-state index contributed by atoms with van der Waals surface area (Å²) < 4.78 is 27.9. The van der Waals surface area contributed by atoms with Gasteiger partial charge >= 0.3 is 0 Å². The highest BCUT2D eigenvalue weighted by Crippen LogP contribution is 2.34. The normalized spacial score (nSPS) is 32.3. The number of carbonyl (C=O) groups is 1. The third-order valence-corrected chi connectivity index (χ3v) is 8.10. The Bertz CT molecular complexity index is 1400. The molecule has 9 atom stereocenters. The zero-order chi connectivity index (χ0) is 31.5. The number of fused-ring (bicyclic) bond motifs is 1. The second-order valence-corrected chi connectivity index (χ2v) is 11.5. The number of hydrogen-bond acceptors (Lipinski definition) is 11. The summed E-state index contributed by atoms with van der Waals surface area (Å²) in [5.41, 5.74) is 1.45. The maximum atomic E-state index is 12.9. The van der Waals surface area contributed by atoms with Gasteiger partial charge < -0.3 is 54.5 Å². The minimum absolute atomic E-state index is 0.129. The van der Waals surface area contributed by atoms with Crippen LogP contribution in [0.25, 0.3) is 6.08 Å². The van der Waals surface area contributed by atoms with Crippen molar-refractivity contribution in [1.29, 1.82) is 0 Å². The van der Waals surface area contributed by atoms with Crippen molar-refractivity contribution in [2.45, 2.75) is 75.3 Å². The van der Waals surface area contributed by atoms with Crippen molar-refractivity contribution < 1.29 is 54.0 Å². The van der Waals surface area contributed by atoms with Crippen LogP contribution in [0.4, 0.5) is 0 Å². The van der Waals surface area contributed by atoms with Crippen LogP contribution in [0.1, 0.15) is 25.8 Å². The van der Waals surface area contributed by atoms with Crippen LogP contribution in [-0.4, -0.2) is 99.9 Å². The number of nitrogens with one attached hydrogen (secondary N) is 1. The van der Waals surface area contributed by atoms with Crippen LogP contribution in [0.2, 0.25) is 5.02 Å². The summed E-state index contributed by atoms with van der Waals surface area (Å²) in [6.07, 6.45) is -4.67. The molecule has 2 aromatic rings. The zero-order valence-electron chi connectivity index (χ0n) is 24.1. The van der Waals surface area contributed by atoms with Gasteiger partial charge in [0.2, 0.25) is 12.2 Å². The predicted octanol–water partition coefficient (Wildman–Crippen LogP) is 1.65. The summed E-state index contributed by atoms with van der Waals surface area (Å²) in [6.45, 7) is 3.47. The molecular weight excluding hydrogens is 598 g/mol. The molecule has 12 nitrogen and oxygen atoms in total. The zero-order valence-corrected chi connectivity index (χ0v) is 24.8. The lowest BCUT2D eigenvalue weighted by Crippen LogP contribution is -2.67. The minimum Gasteiger partial charge on any atom is -0.504 e. The molecule has 6 N–H and O–H groups in total. The average Bonchev–Trinajstić information content (AvgIpc) is 3.62. The van der Waals surface area contributed by atoms with Gasteiger partial charge in [0.25, 0.3) is 0 Å². The molecule has 0 aromatic heterocycles. The SMILES string of the molecule is CC(=Cc1ccc(O[C@H]2C[C@H](O)[C@@H](C(C)=CCOc3cccc(Cl)c3)O2)c(O)c1)C(=O)N[C@@H]1[C@H](O)[C@@H](O)[C@H]2OCO[C@H]2[C@@H]1O. The van der Waals surface area contributed by atoms with Crippen molar-refractivity contribution in [3.63, 3.8) is 0 Å². The first-order chi connectivity index (χ1) is 21.0. The van der Waals surface area contributed by atoms with Crippen molar-refractivity contribution in [3.05, 3.63) is 70.3 Å².